The maximum Gasteiger partial charge on any atom is 0.159 e. The number of aromatic amines is 2. The predicted molar refractivity (Wildman–Crippen MR) is 138 cm³/mol. The highest BCUT2D eigenvalue weighted by atomic mass is 19.1. The summed E-state index contributed by atoms with van der Waals surface area (Å²) in [4.78, 5) is 10.3. The van der Waals surface area contributed by atoms with Crippen LogP contribution in [0.5, 0.6) is 5.75 Å². The molecule has 1 fully saturated rings. The molecule has 6 rings (SSSR count). The molecule has 4 aromatic rings. The number of imidazole rings is 1. The summed E-state index contributed by atoms with van der Waals surface area (Å²) in [6, 6.07) is 8.63. The third kappa shape index (κ3) is 4.20. The molecule has 36 heavy (non-hydrogen) atoms. The molecule has 3 heterocycles. The molecular weight excluding hydrogens is 457 g/mol. The zero-order valence-electron chi connectivity index (χ0n) is 20.3. The Balaban J connectivity index is 1.24. The van der Waals surface area contributed by atoms with Gasteiger partial charge in [-0.25, -0.2) is 9.37 Å². The van der Waals surface area contributed by atoms with E-state index in [1.165, 1.54) is 5.57 Å². The van der Waals surface area contributed by atoms with E-state index in [-0.39, 0.29) is 11.3 Å². The quantitative estimate of drug-likeness (QED) is 0.293. The van der Waals surface area contributed by atoms with E-state index in [1.54, 1.807) is 24.3 Å². The number of benzene rings is 2. The van der Waals surface area contributed by atoms with Crippen molar-refractivity contribution in [3.63, 3.8) is 0 Å². The summed E-state index contributed by atoms with van der Waals surface area (Å²) >= 11 is 0. The molecule has 4 N–H and O–H groups in total. The highest BCUT2D eigenvalue weighted by Gasteiger charge is 2.39. The lowest BCUT2D eigenvalue weighted by atomic mass is 9.96. The summed E-state index contributed by atoms with van der Waals surface area (Å²) in [6.07, 6.45) is 8.35. The highest BCUT2D eigenvalue weighted by Crippen LogP contribution is 2.39. The van der Waals surface area contributed by atoms with Crippen LogP contribution < -0.4 is 0 Å². The van der Waals surface area contributed by atoms with Gasteiger partial charge in [0.25, 0.3) is 0 Å². The van der Waals surface area contributed by atoms with Gasteiger partial charge < -0.3 is 15.2 Å². The van der Waals surface area contributed by atoms with Crippen molar-refractivity contribution in [1.29, 1.82) is 0 Å². The third-order valence-electron chi connectivity index (χ3n) is 7.60. The van der Waals surface area contributed by atoms with Crippen molar-refractivity contribution in [2.45, 2.75) is 44.6 Å². The van der Waals surface area contributed by atoms with Crippen LogP contribution in [0.3, 0.4) is 0 Å². The van der Waals surface area contributed by atoms with Crippen molar-refractivity contribution in [3.05, 3.63) is 59.7 Å². The van der Waals surface area contributed by atoms with Crippen LogP contribution >= 0.6 is 0 Å². The molecule has 7 nitrogen and oxygen atoms in total. The number of aromatic nitrogens is 4. The number of rotatable bonds is 7. The molecule has 0 bridgehead atoms. The van der Waals surface area contributed by atoms with Crippen molar-refractivity contribution in [2.75, 3.05) is 19.6 Å². The summed E-state index contributed by atoms with van der Waals surface area (Å²) in [5, 5.41) is 27.8. The first-order valence-electron chi connectivity index (χ1n) is 12.6. The van der Waals surface area contributed by atoms with Gasteiger partial charge in [-0.3, -0.25) is 10.00 Å². The van der Waals surface area contributed by atoms with Gasteiger partial charge in [0, 0.05) is 30.6 Å². The Morgan fingerprint density at radius 3 is 2.75 bits per heavy atom. The van der Waals surface area contributed by atoms with E-state index < -0.39 is 11.4 Å². The van der Waals surface area contributed by atoms with Crippen LogP contribution in [0.25, 0.3) is 39.1 Å². The number of hydrogen-bond acceptors (Lipinski definition) is 5. The first-order chi connectivity index (χ1) is 17.4. The lowest BCUT2D eigenvalue weighted by Gasteiger charge is -2.26. The fourth-order valence-corrected chi connectivity index (χ4v) is 5.10. The monoisotopic (exact) mass is 487 g/mol. The topological polar surface area (TPSA) is 101 Å². The van der Waals surface area contributed by atoms with Crippen molar-refractivity contribution in [2.24, 2.45) is 0 Å². The van der Waals surface area contributed by atoms with E-state index in [2.05, 4.69) is 31.1 Å². The first kappa shape index (κ1) is 22.9. The third-order valence-corrected chi connectivity index (χ3v) is 7.60. The zero-order valence-corrected chi connectivity index (χ0v) is 20.3. The number of phenols is 1. The molecule has 0 unspecified atom stereocenters. The van der Waals surface area contributed by atoms with Crippen LogP contribution in [-0.2, 0) is 6.42 Å². The van der Waals surface area contributed by atoms with Gasteiger partial charge >= 0.3 is 0 Å². The Hall–Kier alpha value is -3.49. The Morgan fingerprint density at radius 1 is 1.17 bits per heavy atom. The molecule has 8 heteroatoms. The molecule has 1 aliphatic heterocycles. The molecule has 0 amide bonds. The SMILES string of the molecule is CCc1cc(O)ccc1-c1ccc2c(-c3ncc(C4=CCN(CCC5(O)CC5)CC4)[nH]3)[nH]nc2c1F. The first-order valence-corrected chi connectivity index (χ1v) is 12.6. The summed E-state index contributed by atoms with van der Waals surface area (Å²) in [5.41, 5.74) is 4.78. The Labute approximate surface area is 208 Å². The highest BCUT2D eigenvalue weighted by molar-refractivity contribution is 5.94. The largest absolute Gasteiger partial charge is 0.508 e. The standard InChI is InChI=1S/C28H30FN5O2/c1-2-17-15-19(35)3-4-20(17)21-5-6-22-25(24(21)29)32-33-26(22)27-30-16-23(31-27)18-7-12-34(13-8-18)14-11-28(36)9-10-28/h3-7,15-16,35-36H,2,8-14H2,1H3,(H,30,31)(H,32,33). The van der Waals surface area contributed by atoms with E-state index in [4.69, 9.17) is 0 Å². The zero-order chi connectivity index (χ0) is 24.9. The second kappa shape index (κ2) is 8.87. The number of nitrogens with zero attached hydrogens (tertiary/aromatic N) is 3. The number of phenolic OH excluding ortho intramolecular Hbond substituents is 1. The Bertz CT molecular complexity index is 1470. The van der Waals surface area contributed by atoms with Gasteiger partial charge in [-0.1, -0.05) is 25.1 Å². The molecule has 0 radical (unpaired) electrons. The van der Waals surface area contributed by atoms with Crippen molar-refractivity contribution < 1.29 is 14.6 Å². The normalized spacial score (nSPS) is 17.5. The van der Waals surface area contributed by atoms with E-state index >= 15 is 4.39 Å². The molecule has 186 valence electrons. The Morgan fingerprint density at radius 2 is 2.00 bits per heavy atom. The molecule has 2 aromatic carbocycles. The van der Waals surface area contributed by atoms with E-state index in [9.17, 15) is 10.2 Å². The molecular formula is C28H30FN5O2. The van der Waals surface area contributed by atoms with E-state index in [1.807, 2.05) is 19.2 Å². The van der Waals surface area contributed by atoms with Gasteiger partial charge in [0.1, 0.15) is 17.0 Å². The van der Waals surface area contributed by atoms with Crippen LogP contribution in [0.2, 0.25) is 0 Å². The van der Waals surface area contributed by atoms with Gasteiger partial charge in [0.15, 0.2) is 11.6 Å². The summed E-state index contributed by atoms with van der Waals surface area (Å²) in [7, 11) is 0. The molecule has 2 aliphatic rings. The number of halogens is 1. The molecule has 1 saturated carbocycles. The maximum absolute atomic E-state index is 15.6. The number of hydrogen-bond donors (Lipinski definition) is 4. The van der Waals surface area contributed by atoms with E-state index in [0.717, 1.165) is 62.1 Å². The number of H-pyrrole nitrogens is 2. The minimum atomic E-state index is -0.405. The average Bonchev–Trinajstić information content (AvgIpc) is 3.26. The van der Waals surface area contributed by atoms with Gasteiger partial charge in [0.2, 0.25) is 0 Å². The lowest BCUT2D eigenvalue weighted by Crippen LogP contribution is -2.31. The number of fused-ring (bicyclic) bond motifs is 1. The fourth-order valence-electron chi connectivity index (χ4n) is 5.10. The van der Waals surface area contributed by atoms with Gasteiger partial charge in [0.05, 0.1) is 17.5 Å². The van der Waals surface area contributed by atoms with E-state index in [0.29, 0.717) is 28.9 Å². The van der Waals surface area contributed by atoms with Gasteiger partial charge in [-0.2, -0.15) is 5.10 Å². The summed E-state index contributed by atoms with van der Waals surface area (Å²) in [5.74, 6) is 0.399. The predicted octanol–water partition coefficient (Wildman–Crippen LogP) is 5.03. The molecule has 0 atom stereocenters. The van der Waals surface area contributed by atoms with Crippen molar-refractivity contribution in [3.8, 4) is 28.4 Å². The molecule has 2 aromatic heterocycles. The molecule has 0 spiro atoms. The van der Waals surface area contributed by atoms with Crippen molar-refractivity contribution >= 4 is 16.5 Å². The fraction of sp³-hybridized carbons (Fsp3) is 0.357. The van der Waals surface area contributed by atoms with Crippen LogP contribution in [0.15, 0.2) is 42.6 Å². The summed E-state index contributed by atoms with van der Waals surface area (Å²) < 4.78 is 15.6. The summed E-state index contributed by atoms with van der Waals surface area (Å²) in [6.45, 7) is 4.71. The van der Waals surface area contributed by atoms with Crippen LogP contribution in [0.4, 0.5) is 4.39 Å². The minimum absolute atomic E-state index is 0.172. The van der Waals surface area contributed by atoms with Crippen LogP contribution in [-0.4, -0.2) is 60.5 Å². The Kier molecular flexibility index (Phi) is 5.65. The van der Waals surface area contributed by atoms with Gasteiger partial charge in [-0.05, 0) is 67.0 Å². The minimum Gasteiger partial charge on any atom is -0.508 e. The molecule has 1 aliphatic carbocycles. The van der Waals surface area contributed by atoms with Crippen LogP contribution in [0, 0.1) is 5.82 Å². The number of aryl methyl sites for hydroxylation is 1. The van der Waals surface area contributed by atoms with Crippen molar-refractivity contribution in [1.82, 2.24) is 25.1 Å². The average molecular weight is 488 g/mol. The second-order valence-electron chi connectivity index (χ2n) is 10.0. The number of aromatic hydroxyl groups is 1. The smallest absolute Gasteiger partial charge is 0.159 e. The number of nitrogens with one attached hydrogen (secondary N) is 2. The van der Waals surface area contributed by atoms with Crippen LogP contribution in [0.1, 0.15) is 43.9 Å². The van der Waals surface area contributed by atoms with Gasteiger partial charge in [-0.15, -0.1) is 0 Å². The molecule has 0 saturated heterocycles. The maximum atomic E-state index is 15.6. The number of aliphatic hydroxyl groups is 1. The lowest BCUT2D eigenvalue weighted by molar-refractivity contribution is 0.121. The second-order valence-corrected chi connectivity index (χ2v) is 10.0.